The zero-order chi connectivity index (χ0) is 30.3. The SMILES string of the molecule is COC(=O)COCCOCCOCCOCCOCCOCCOC(c1ccccc1)(c1ccccc1)c1ccccc1. The summed E-state index contributed by atoms with van der Waals surface area (Å²) in [6.45, 7) is 5.26. The van der Waals surface area contributed by atoms with Gasteiger partial charge in [-0.3, -0.25) is 0 Å². The van der Waals surface area contributed by atoms with Gasteiger partial charge in [-0.2, -0.15) is 0 Å². The molecule has 3 rings (SSSR count). The lowest BCUT2D eigenvalue weighted by molar-refractivity contribution is -0.146. The summed E-state index contributed by atoms with van der Waals surface area (Å²) in [5.74, 6) is -0.406. The van der Waals surface area contributed by atoms with Crippen LogP contribution >= 0.6 is 0 Å². The van der Waals surface area contributed by atoms with Gasteiger partial charge in [-0.25, -0.2) is 4.79 Å². The molecule has 0 N–H and O–H groups in total. The highest BCUT2D eigenvalue weighted by molar-refractivity contribution is 5.70. The van der Waals surface area contributed by atoms with Crippen LogP contribution in [0.2, 0.25) is 0 Å². The van der Waals surface area contributed by atoms with Gasteiger partial charge in [0.1, 0.15) is 12.2 Å². The van der Waals surface area contributed by atoms with E-state index in [1.807, 2.05) is 54.6 Å². The first-order valence-electron chi connectivity index (χ1n) is 14.6. The third-order valence-electron chi connectivity index (χ3n) is 6.39. The Hall–Kier alpha value is -3.15. The maximum atomic E-state index is 10.9. The average molecular weight is 597 g/mol. The fourth-order valence-corrected chi connectivity index (χ4v) is 4.34. The van der Waals surface area contributed by atoms with Crippen LogP contribution in [-0.4, -0.2) is 99.0 Å². The molecule has 0 aromatic heterocycles. The molecule has 9 heteroatoms. The first kappa shape index (κ1) is 34.3. The van der Waals surface area contributed by atoms with Crippen LogP contribution in [0.25, 0.3) is 0 Å². The van der Waals surface area contributed by atoms with Gasteiger partial charge in [-0.1, -0.05) is 91.0 Å². The van der Waals surface area contributed by atoms with Gasteiger partial charge in [0.2, 0.25) is 0 Å². The Labute approximate surface area is 254 Å². The van der Waals surface area contributed by atoms with Crippen LogP contribution < -0.4 is 0 Å². The summed E-state index contributed by atoms with van der Waals surface area (Å²) in [5, 5.41) is 0. The molecule has 0 heterocycles. The van der Waals surface area contributed by atoms with Gasteiger partial charge in [0.25, 0.3) is 0 Å². The molecule has 0 aliphatic heterocycles. The summed E-state index contributed by atoms with van der Waals surface area (Å²) in [4.78, 5) is 10.9. The van der Waals surface area contributed by atoms with E-state index in [0.29, 0.717) is 79.3 Å². The topological polar surface area (TPSA) is 90.9 Å². The molecule has 3 aromatic rings. The molecule has 43 heavy (non-hydrogen) atoms. The summed E-state index contributed by atoms with van der Waals surface area (Å²) in [5.41, 5.74) is 2.44. The van der Waals surface area contributed by atoms with Crippen LogP contribution in [0.15, 0.2) is 91.0 Å². The number of rotatable bonds is 24. The quantitative estimate of drug-likeness (QED) is 0.0855. The zero-order valence-corrected chi connectivity index (χ0v) is 25.0. The second-order valence-corrected chi connectivity index (χ2v) is 9.32. The number of esters is 1. The van der Waals surface area contributed by atoms with Crippen molar-refractivity contribution < 1.29 is 42.7 Å². The third kappa shape index (κ3) is 12.5. The van der Waals surface area contributed by atoms with Gasteiger partial charge < -0.3 is 37.9 Å². The number of methoxy groups -OCH3 is 1. The monoisotopic (exact) mass is 596 g/mol. The minimum absolute atomic E-state index is 0.0699. The number of hydrogen-bond acceptors (Lipinski definition) is 9. The van der Waals surface area contributed by atoms with Crippen molar-refractivity contribution in [3.8, 4) is 0 Å². The molecule has 0 fully saturated rings. The third-order valence-corrected chi connectivity index (χ3v) is 6.39. The van der Waals surface area contributed by atoms with Crippen molar-refractivity contribution in [2.75, 3.05) is 93.0 Å². The molecular weight excluding hydrogens is 552 g/mol. The Balaban J connectivity index is 1.25. The van der Waals surface area contributed by atoms with Crippen LogP contribution in [0, 0.1) is 0 Å². The van der Waals surface area contributed by atoms with Crippen molar-refractivity contribution in [3.63, 3.8) is 0 Å². The summed E-state index contributed by atoms with van der Waals surface area (Å²) >= 11 is 0. The normalized spacial score (nSPS) is 11.5. The summed E-state index contributed by atoms with van der Waals surface area (Å²) in [7, 11) is 1.32. The first-order chi connectivity index (χ1) is 21.3. The van der Waals surface area contributed by atoms with Crippen LogP contribution in [0.5, 0.6) is 0 Å². The van der Waals surface area contributed by atoms with Crippen LogP contribution in [-0.2, 0) is 48.3 Å². The van der Waals surface area contributed by atoms with Crippen molar-refractivity contribution in [3.05, 3.63) is 108 Å². The fraction of sp³-hybridized carbons (Fsp3) is 0.441. The molecule has 9 nitrogen and oxygen atoms in total. The van der Waals surface area contributed by atoms with Gasteiger partial charge in [0.05, 0.1) is 86.4 Å². The van der Waals surface area contributed by atoms with E-state index in [1.54, 1.807) is 0 Å². The van der Waals surface area contributed by atoms with Crippen molar-refractivity contribution in [1.29, 1.82) is 0 Å². The largest absolute Gasteiger partial charge is 0.467 e. The lowest BCUT2D eigenvalue weighted by atomic mass is 9.80. The Morgan fingerprint density at radius 3 is 1.09 bits per heavy atom. The van der Waals surface area contributed by atoms with E-state index < -0.39 is 11.6 Å². The molecule has 0 aliphatic carbocycles. The summed E-state index contributed by atoms with van der Waals surface area (Å²) in [6.07, 6.45) is 0. The van der Waals surface area contributed by atoms with Crippen LogP contribution in [0.4, 0.5) is 0 Å². The highest BCUT2D eigenvalue weighted by Crippen LogP contribution is 2.40. The molecular formula is C34H44O9. The van der Waals surface area contributed by atoms with E-state index in [9.17, 15) is 4.79 Å². The molecule has 3 aromatic carbocycles. The van der Waals surface area contributed by atoms with Crippen LogP contribution in [0.3, 0.4) is 0 Å². The van der Waals surface area contributed by atoms with E-state index in [0.717, 1.165) is 16.7 Å². The van der Waals surface area contributed by atoms with Gasteiger partial charge in [0, 0.05) is 0 Å². The predicted molar refractivity (Wildman–Crippen MR) is 162 cm³/mol. The van der Waals surface area contributed by atoms with Crippen molar-refractivity contribution >= 4 is 5.97 Å². The number of ether oxygens (including phenoxy) is 8. The summed E-state index contributed by atoms with van der Waals surface area (Å²) < 4.78 is 44.0. The Morgan fingerprint density at radius 1 is 0.465 bits per heavy atom. The average Bonchev–Trinajstić information content (AvgIpc) is 3.06. The van der Waals surface area contributed by atoms with Gasteiger partial charge >= 0.3 is 5.97 Å². The summed E-state index contributed by atoms with van der Waals surface area (Å²) in [6, 6.07) is 30.9. The highest BCUT2D eigenvalue weighted by Gasteiger charge is 2.37. The lowest BCUT2D eigenvalue weighted by Gasteiger charge is -2.36. The lowest BCUT2D eigenvalue weighted by Crippen LogP contribution is -2.34. The fourth-order valence-electron chi connectivity index (χ4n) is 4.34. The highest BCUT2D eigenvalue weighted by atomic mass is 16.6. The zero-order valence-electron chi connectivity index (χ0n) is 25.0. The minimum Gasteiger partial charge on any atom is -0.467 e. The minimum atomic E-state index is -0.751. The molecule has 0 saturated carbocycles. The predicted octanol–water partition coefficient (Wildman–Crippen LogP) is 4.27. The second-order valence-electron chi connectivity index (χ2n) is 9.32. The molecule has 0 radical (unpaired) electrons. The maximum Gasteiger partial charge on any atom is 0.331 e. The maximum absolute atomic E-state index is 10.9. The van der Waals surface area contributed by atoms with E-state index in [-0.39, 0.29) is 6.61 Å². The molecule has 0 aliphatic rings. The second kappa shape index (κ2) is 21.5. The number of carbonyl (C=O) groups is 1. The van der Waals surface area contributed by atoms with Gasteiger partial charge in [0.15, 0.2) is 0 Å². The van der Waals surface area contributed by atoms with Crippen molar-refractivity contribution in [2.24, 2.45) is 0 Å². The van der Waals surface area contributed by atoms with E-state index in [4.69, 9.17) is 33.2 Å². The molecule has 0 spiro atoms. The Kier molecular flexibility index (Phi) is 17.2. The molecule has 0 unspecified atom stereocenters. The van der Waals surface area contributed by atoms with Crippen molar-refractivity contribution in [1.82, 2.24) is 0 Å². The van der Waals surface area contributed by atoms with E-state index in [2.05, 4.69) is 41.1 Å². The van der Waals surface area contributed by atoms with Crippen molar-refractivity contribution in [2.45, 2.75) is 5.60 Å². The molecule has 0 saturated heterocycles. The number of carbonyl (C=O) groups excluding carboxylic acids is 1. The Bertz CT molecular complexity index is 1000. The first-order valence-corrected chi connectivity index (χ1v) is 14.6. The van der Waals surface area contributed by atoms with Crippen LogP contribution in [0.1, 0.15) is 16.7 Å². The Morgan fingerprint density at radius 2 is 0.767 bits per heavy atom. The molecule has 0 amide bonds. The standard InChI is InChI=1S/C34H44O9/c1-36-33(35)29-42-26-25-40-22-21-38-18-17-37-19-20-39-23-24-41-27-28-43-34(30-11-5-2-6-12-30,31-13-7-3-8-14-31)32-15-9-4-10-16-32/h2-16H,17-29H2,1H3. The molecule has 0 atom stereocenters. The van der Waals surface area contributed by atoms with Gasteiger partial charge in [-0.05, 0) is 16.7 Å². The smallest absolute Gasteiger partial charge is 0.331 e. The number of benzene rings is 3. The number of hydrogen-bond donors (Lipinski definition) is 0. The van der Waals surface area contributed by atoms with E-state index in [1.165, 1.54) is 7.11 Å². The van der Waals surface area contributed by atoms with Gasteiger partial charge in [-0.15, -0.1) is 0 Å². The molecule has 0 bridgehead atoms. The molecule has 234 valence electrons. The van der Waals surface area contributed by atoms with E-state index >= 15 is 0 Å².